The number of epoxide rings is 1. The number of nitrogens with zero attached hydrogens (tertiary/aromatic N) is 1. The molecule has 2 aliphatic rings. The van der Waals surface area contributed by atoms with Crippen LogP contribution in [0.1, 0.15) is 12.8 Å². The highest BCUT2D eigenvalue weighted by atomic mass is 16.6. The van der Waals surface area contributed by atoms with Gasteiger partial charge in [-0.2, -0.15) is 0 Å². The first-order valence-electron chi connectivity index (χ1n) is 4.26. The summed E-state index contributed by atoms with van der Waals surface area (Å²) in [4.78, 5) is 3.74. The topological polar surface area (TPSA) is 34.1 Å². The number of hydrogen-bond acceptors (Lipinski definition) is 3. The third-order valence-corrected chi connectivity index (χ3v) is 1.58. The lowest BCUT2D eigenvalue weighted by Crippen LogP contribution is -1.80. The molecule has 0 bridgehead atoms. The third kappa shape index (κ3) is 4.91. The van der Waals surface area contributed by atoms with Crippen molar-refractivity contribution in [3.05, 3.63) is 12.7 Å². The fraction of sp³-hybridized carbons (Fsp3) is 0.667. The Balaban J connectivity index is 0.000000127. The molecule has 1 atom stereocenters. The minimum atomic E-state index is 0.581. The first-order chi connectivity index (χ1) is 5.93. The Labute approximate surface area is 73.1 Å². The van der Waals surface area contributed by atoms with Crippen LogP contribution in [0.3, 0.4) is 0 Å². The van der Waals surface area contributed by atoms with Crippen molar-refractivity contribution in [2.75, 3.05) is 19.8 Å². The number of aliphatic imine (C=N–C) groups is 1. The highest BCUT2D eigenvalue weighted by Gasteiger charge is 2.20. The molecule has 0 aromatic rings. The highest BCUT2D eigenvalue weighted by Crippen LogP contribution is 2.14. The van der Waals surface area contributed by atoms with Gasteiger partial charge in [0.1, 0.15) is 6.61 Å². The Kier molecular flexibility index (Phi) is 4.46. The summed E-state index contributed by atoms with van der Waals surface area (Å²) in [6.45, 7) is 6.21. The predicted octanol–water partition coefficient (Wildman–Crippen LogP) is 1.40. The van der Waals surface area contributed by atoms with E-state index < -0.39 is 0 Å². The maximum absolute atomic E-state index is 4.96. The van der Waals surface area contributed by atoms with Crippen LogP contribution in [-0.2, 0) is 9.47 Å². The zero-order valence-corrected chi connectivity index (χ0v) is 7.24. The van der Waals surface area contributed by atoms with Gasteiger partial charge >= 0.3 is 0 Å². The number of hydrogen-bond donors (Lipinski definition) is 0. The van der Waals surface area contributed by atoms with Crippen LogP contribution in [0.15, 0.2) is 17.6 Å². The van der Waals surface area contributed by atoms with Gasteiger partial charge in [0.15, 0.2) is 6.40 Å². The fourth-order valence-electron chi connectivity index (χ4n) is 0.802. The Bertz CT molecular complexity index is 147. The molecule has 12 heavy (non-hydrogen) atoms. The molecule has 68 valence electrons. The number of rotatable bonds is 3. The molecule has 0 amide bonds. The van der Waals surface area contributed by atoms with Crippen molar-refractivity contribution >= 4 is 6.40 Å². The van der Waals surface area contributed by atoms with E-state index >= 15 is 0 Å². The van der Waals surface area contributed by atoms with Gasteiger partial charge in [-0.1, -0.05) is 6.08 Å². The molecule has 3 heteroatoms. The number of allylic oxidation sites excluding steroid dienone is 1. The summed E-state index contributed by atoms with van der Waals surface area (Å²) in [5.74, 6) is 0. The van der Waals surface area contributed by atoms with Crippen LogP contribution in [0.5, 0.6) is 0 Å². The Hall–Kier alpha value is -0.830. The van der Waals surface area contributed by atoms with Gasteiger partial charge in [0.2, 0.25) is 0 Å². The summed E-state index contributed by atoms with van der Waals surface area (Å²) in [6, 6.07) is 0. The monoisotopic (exact) mass is 169 g/mol. The Morgan fingerprint density at radius 2 is 2.50 bits per heavy atom. The van der Waals surface area contributed by atoms with Gasteiger partial charge in [-0.25, -0.2) is 0 Å². The molecule has 2 rings (SSSR count). The molecule has 0 spiro atoms. The van der Waals surface area contributed by atoms with Crippen molar-refractivity contribution in [3.8, 4) is 0 Å². The van der Waals surface area contributed by atoms with E-state index in [4.69, 9.17) is 4.74 Å². The van der Waals surface area contributed by atoms with Crippen LogP contribution in [0.25, 0.3) is 0 Å². The van der Waals surface area contributed by atoms with Crippen molar-refractivity contribution in [3.63, 3.8) is 0 Å². The average Bonchev–Trinajstić information content (AvgIpc) is 2.71. The second-order valence-electron chi connectivity index (χ2n) is 2.70. The van der Waals surface area contributed by atoms with Crippen LogP contribution in [0, 0.1) is 0 Å². The molecular formula is C9H15NO2. The molecule has 3 nitrogen and oxygen atoms in total. The lowest BCUT2D eigenvalue weighted by atomic mass is 10.2. The second kappa shape index (κ2) is 5.77. The van der Waals surface area contributed by atoms with E-state index in [9.17, 15) is 0 Å². The van der Waals surface area contributed by atoms with Crippen LogP contribution in [0.4, 0.5) is 0 Å². The van der Waals surface area contributed by atoms with Crippen molar-refractivity contribution in [2.24, 2.45) is 4.99 Å². The number of ether oxygens (including phenoxy) is 2. The van der Waals surface area contributed by atoms with E-state index in [2.05, 4.69) is 16.3 Å². The van der Waals surface area contributed by atoms with Crippen molar-refractivity contribution in [1.82, 2.24) is 0 Å². The van der Waals surface area contributed by atoms with Crippen LogP contribution < -0.4 is 0 Å². The molecule has 1 unspecified atom stereocenters. The molecule has 0 aromatic carbocycles. The van der Waals surface area contributed by atoms with Gasteiger partial charge in [0, 0.05) is 0 Å². The SMILES string of the molecule is C1=NCCO1.C=CCCC1CO1. The normalized spacial score (nSPS) is 23.8. The smallest absolute Gasteiger partial charge is 0.169 e. The predicted molar refractivity (Wildman–Crippen MR) is 48.5 cm³/mol. The standard InChI is InChI=1S/C6H10O.C3H5NO/c1-2-3-4-6-5-7-6;1-2-5-3-4-1/h2,6H,1,3-5H2;3H,1-2H2. The van der Waals surface area contributed by atoms with E-state index in [1.165, 1.54) is 12.8 Å². The zero-order valence-electron chi connectivity index (χ0n) is 7.24. The van der Waals surface area contributed by atoms with E-state index in [-0.39, 0.29) is 0 Å². The minimum Gasteiger partial charge on any atom is -0.482 e. The van der Waals surface area contributed by atoms with Gasteiger partial charge < -0.3 is 9.47 Å². The molecular weight excluding hydrogens is 154 g/mol. The van der Waals surface area contributed by atoms with Gasteiger partial charge in [-0.3, -0.25) is 4.99 Å². The Morgan fingerprint density at radius 1 is 1.67 bits per heavy atom. The Morgan fingerprint density at radius 3 is 2.83 bits per heavy atom. The lowest BCUT2D eigenvalue weighted by Gasteiger charge is -1.82. The molecule has 0 aliphatic carbocycles. The fourth-order valence-corrected chi connectivity index (χ4v) is 0.802. The van der Waals surface area contributed by atoms with Crippen LogP contribution in [-0.4, -0.2) is 32.3 Å². The van der Waals surface area contributed by atoms with Gasteiger partial charge in [-0.05, 0) is 12.8 Å². The van der Waals surface area contributed by atoms with E-state index in [1.54, 1.807) is 0 Å². The van der Waals surface area contributed by atoms with E-state index in [0.717, 1.165) is 26.2 Å². The molecule has 0 aromatic heterocycles. The lowest BCUT2D eigenvalue weighted by molar-refractivity contribution is 0.361. The quantitative estimate of drug-likeness (QED) is 0.472. The molecule has 0 N–H and O–H groups in total. The van der Waals surface area contributed by atoms with Gasteiger partial charge in [0.25, 0.3) is 0 Å². The molecule has 0 saturated carbocycles. The summed E-state index contributed by atoms with van der Waals surface area (Å²) in [7, 11) is 0. The van der Waals surface area contributed by atoms with Crippen molar-refractivity contribution in [1.29, 1.82) is 0 Å². The van der Waals surface area contributed by atoms with E-state index in [1.807, 2.05) is 6.08 Å². The maximum atomic E-state index is 4.96. The maximum Gasteiger partial charge on any atom is 0.169 e. The first kappa shape index (κ1) is 9.26. The van der Waals surface area contributed by atoms with Crippen LogP contribution >= 0.6 is 0 Å². The summed E-state index contributed by atoms with van der Waals surface area (Å²) >= 11 is 0. The highest BCUT2D eigenvalue weighted by molar-refractivity contribution is 5.47. The third-order valence-electron chi connectivity index (χ3n) is 1.58. The summed E-state index contributed by atoms with van der Waals surface area (Å²) in [6.07, 6.45) is 6.27. The molecule has 1 fully saturated rings. The second-order valence-corrected chi connectivity index (χ2v) is 2.70. The van der Waals surface area contributed by atoms with Crippen molar-refractivity contribution < 1.29 is 9.47 Å². The van der Waals surface area contributed by atoms with E-state index in [0.29, 0.717) is 6.10 Å². The summed E-state index contributed by atoms with van der Waals surface area (Å²) < 4.78 is 9.62. The summed E-state index contributed by atoms with van der Waals surface area (Å²) in [5, 5.41) is 0. The van der Waals surface area contributed by atoms with Crippen LogP contribution in [0.2, 0.25) is 0 Å². The zero-order chi connectivity index (χ0) is 8.65. The largest absolute Gasteiger partial charge is 0.482 e. The molecule has 2 heterocycles. The van der Waals surface area contributed by atoms with Gasteiger partial charge in [0.05, 0.1) is 19.3 Å². The average molecular weight is 169 g/mol. The minimum absolute atomic E-state index is 0.581. The van der Waals surface area contributed by atoms with Crippen molar-refractivity contribution in [2.45, 2.75) is 18.9 Å². The molecule has 2 aliphatic heterocycles. The van der Waals surface area contributed by atoms with Gasteiger partial charge in [-0.15, -0.1) is 6.58 Å². The summed E-state index contributed by atoms with van der Waals surface area (Å²) in [5.41, 5.74) is 0. The first-order valence-corrected chi connectivity index (χ1v) is 4.26. The molecule has 1 saturated heterocycles. The molecule has 0 radical (unpaired) electrons.